The molecule has 1 aliphatic carbocycles. The summed E-state index contributed by atoms with van der Waals surface area (Å²) in [6, 6.07) is 0. The number of carbonyl (C=O) groups is 2. The maximum absolute atomic E-state index is 11.9. The fraction of sp³-hybridized carbons (Fsp3) is 0.889. The summed E-state index contributed by atoms with van der Waals surface area (Å²) in [6.07, 6.45) is 10.9. The summed E-state index contributed by atoms with van der Waals surface area (Å²) >= 11 is 0. The van der Waals surface area contributed by atoms with Crippen LogP contribution in [0, 0.1) is 11.8 Å². The van der Waals surface area contributed by atoms with Crippen LogP contribution in [0.15, 0.2) is 0 Å². The Balaban J connectivity index is 2.24. The van der Waals surface area contributed by atoms with Crippen molar-refractivity contribution >= 4 is 11.8 Å². The third-order valence-electron chi connectivity index (χ3n) is 4.55. The van der Waals surface area contributed by atoms with Gasteiger partial charge in [0.15, 0.2) is 0 Å². The van der Waals surface area contributed by atoms with Gasteiger partial charge >= 0.3 is 5.97 Å². The number of carbonyl (C=O) groups excluding carboxylic acids is 2. The highest BCUT2D eigenvalue weighted by atomic mass is 16.5. The molecule has 0 heterocycles. The molecule has 0 radical (unpaired) electrons. The van der Waals surface area contributed by atoms with Gasteiger partial charge < -0.3 is 4.74 Å². The standard InChI is InChI=1S/C18H32O3/c1-3-5-7-9-13-21-18(20)14-15-11-12-17(19)16(15)10-8-6-4-2/h15-16H,3-14H2,1-2H3. The van der Waals surface area contributed by atoms with E-state index < -0.39 is 0 Å². The van der Waals surface area contributed by atoms with Gasteiger partial charge in [-0.25, -0.2) is 0 Å². The number of rotatable bonds is 11. The Morgan fingerprint density at radius 2 is 1.81 bits per heavy atom. The molecular weight excluding hydrogens is 264 g/mol. The SMILES string of the molecule is CCCCCCOC(=O)CC1CCC(=O)C1CCCCC. The molecule has 0 aromatic carbocycles. The summed E-state index contributed by atoms with van der Waals surface area (Å²) < 4.78 is 5.31. The number of unbranched alkanes of at least 4 members (excludes halogenated alkanes) is 5. The molecule has 0 aromatic rings. The summed E-state index contributed by atoms with van der Waals surface area (Å²) in [5, 5.41) is 0. The van der Waals surface area contributed by atoms with E-state index in [0.29, 0.717) is 25.2 Å². The predicted octanol–water partition coefficient (Wildman–Crippen LogP) is 4.68. The van der Waals surface area contributed by atoms with Crippen LogP contribution in [0.5, 0.6) is 0 Å². The Labute approximate surface area is 129 Å². The second kappa shape index (κ2) is 10.8. The van der Waals surface area contributed by atoms with Crippen molar-refractivity contribution in [2.75, 3.05) is 6.61 Å². The normalized spacial score (nSPS) is 21.7. The minimum absolute atomic E-state index is 0.105. The van der Waals surface area contributed by atoms with Crippen molar-refractivity contribution < 1.29 is 14.3 Å². The van der Waals surface area contributed by atoms with E-state index in [1.165, 1.54) is 25.7 Å². The molecule has 3 heteroatoms. The molecule has 21 heavy (non-hydrogen) atoms. The van der Waals surface area contributed by atoms with Gasteiger partial charge in [-0.15, -0.1) is 0 Å². The van der Waals surface area contributed by atoms with Crippen LogP contribution in [-0.2, 0) is 14.3 Å². The first-order valence-corrected chi connectivity index (χ1v) is 8.87. The van der Waals surface area contributed by atoms with Crippen molar-refractivity contribution in [2.45, 2.75) is 84.5 Å². The van der Waals surface area contributed by atoms with E-state index >= 15 is 0 Å². The lowest BCUT2D eigenvalue weighted by molar-refractivity contribution is -0.145. The number of hydrogen-bond acceptors (Lipinski definition) is 3. The fourth-order valence-corrected chi connectivity index (χ4v) is 3.22. The Bertz CT molecular complexity index is 312. The molecule has 1 aliphatic rings. The van der Waals surface area contributed by atoms with Crippen LogP contribution in [0.1, 0.15) is 84.5 Å². The summed E-state index contributed by atoms with van der Waals surface area (Å²) in [5.74, 6) is 0.611. The molecule has 0 aromatic heterocycles. The average molecular weight is 296 g/mol. The first-order chi connectivity index (χ1) is 10.2. The highest BCUT2D eigenvalue weighted by Crippen LogP contribution is 2.35. The van der Waals surface area contributed by atoms with Crippen LogP contribution in [0.4, 0.5) is 0 Å². The number of esters is 1. The molecule has 0 amide bonds. The molecule has 1 fully saturated rings. The van der Waals surface area contributed by atoms with Crippen LogP contribution < -0.4 is 0 Å². The number of ketones is 1. The lowest BCUT2D eigenvalue weighted by Crippen LogP contribution is -2.19. The first-order valence-electron chi connectivity index (χ1n) is 8.87. The molecular formula is C18H32O3. The molecule has 122 valence electrons. The van der Waals surface area contributed by atoms with E-state index in [4.69, 9.17) is 4.74 Å². The van der Waals surface area contributed by atoms with Crippen molar-refractivity contribution in [1.82, 2.24) is 0 Å². The molecule has 0 spiro atoms. The molecule has 2 atom stereocenters. The summed E-state index contributed by atoms with van der Waals surface area (Å²) in [7, 11) is 0. The van der Waals surface area contributed by atoms with Gasteiger partial charge in [0.1, 0.15) is 5.78 Å². The van der Waals surface area contributed by atoms with Crippen LogP contribution in [-0.4, -0.2) is 18.4 Å². The smallest absolute Gasteiger partial charge is 0.306 e. The predicted molar refractivity (Wildman–Crippen MR) is 85.1 cm³/mol. The van der Waals surface area contributed by atoms with Gasteiger partial charge in [0.05, 0.1) is 6.61 Å². The summed E-state index contributed by atoms with van der Waals surface area (Å²) in [4.78, 5) is 23.8. The summed E-state index contributed by atoms with van der Waals surface area (Å²) in [5.41, 5.74) is 0. The van der Waals surface area contributed by atoms with Gasteiger partial charge in [-0.3, -0.25) is 9.59 Å². The molecule has 0 aliphatic heterocycles. The third kappa shape index (κ3) is 7.10. The maximum Gasteiger partial charge on any atom is 0.306 e. The van der Waals surface area contributed by atoms with Gasteiger partial charge in [-0.1, -0.05) is 52.4 Å². The zero-order valence-corrected chi connectivity index (χ0v) is 13.9. The molecule has 0 N–H and O–H groups in total. The van der Waals surface area contributed by atoms with Crippen LogP contribution >= 0.6 is 0 Å². The summed E-state index contributed by atoms with van der Waals surface area (Å²) in [6.45, 7) is 4.88. The largest absolute Gasteiger partial charge is 0.466 e. The second-order valence-corrected chi connectivity index (χ2v) is 6.35. The molecule has 0 saturated heterocycles. The van der Waals surface area contributed by atoms with Crippen molar-refractivity contribution in [1.29, 1.82) is 0 Å². The van der Waals surface area contributed by atoms with Crippen LogP contribution in [0.2, 0.25) is 0 Å². The molecule has 3 nitrogen and oxygen atoms in total. The van der Waals surface area contributed by atoms with E-state index in [2.05, 4.69) is 13.8 Å². The van der Waals surface area contributed by atoms with Gasteiger partial charge in [0.25, 0.3) is 0 Å². The van der Waals surface area contributed by atoms with Crippen LogP contribution in [0.3, 0.4) is 0 Å². The minimum Gasteiger partial charge on any atom is -0.466 e. The topological polar surface area (TPSA) is 43.4 Å². The van der Waals surface area contributed by atoms with E-state index in [-0.39, 0.29) is 17.8 Å². The van der Waals surface area contributed by atoms with Gasteiger partial charge in [-0.05, 0) is 25.2 Å². The minimum atomic E-state index is -0.105. The molecule has 0 bridgehead atoms. The van der Waals surface area contributed by atoms with Gasteiger partial charge in [-0.2, -0.15) is 0 Å². The van der Waals surface area contributed by atoms with Gasteiger partial charge in [0.2, 0.25) is 0 Å². The fourth-order valence-electron chi connectivity index (χ4n) is 3.22. The number of hydrogen-bond donors (Lipinski definition) is 0. The lowest BCUT2D eigenvalue weighted by Gasteiger charge is -2.17. The lowest BCUT2D eigenvalue weighted by atomic mass is 9.88. The van der Waals surface area contributed by atoms with E-state index in [0.717, 1.165) is 32.1 Å². The van der Waals surface area contributed by atoms with Crippen molar-refractivity contribution in [3.63, 3.8) is 0 Å². The Hall–Kier alpha value is -0.860. The first kappa shape index (κ1) is 18.2. The quantitative estimate of drug-likeness (QED) is 0.411. The van der Waals surface area contributed by atoms with Crippen molar-refractivity contribution in [2.24, 2.45) is 11.8 Å². The zero-order chi connectivity index (χ0) is 15.5. The van der Waals surface area contributed by atoms with E-state index in [9.17, 15) is 9.59 Å². The number of Topliss-reactive ketones (excluding diaryl/α,β-unsaturated/α-hetero) is 1. The molecule has 1 rings (SSSR count). The van der Waals surface area contributed by atoms with Crippen molar-refractivity contribution in [3.05, 3.63) is 0 Å². The average Bonchev–Trinajstić information content (AvgIpc) is 2.80. The Morgan fingerprint density at radius 3 is 2.52 bits per heavy atom. The van der Waals surface area contributed by atoms with E-state index in [1.807, 2.05) is 0 Å². The Morgan fingerprint density at radius 1 is 1.10 bits per heavy atom. The van der Waals surface area contributed by atoms with Crippen molar-refractivity contribution in [3.8, 4) is 0 Å². The zero-order valence-electron chi connectivity index (χ0n) is 13.9. The third-order valence-corrected chi connectivity index (χ3v) is 4.55. The highest BCUT2D eigenvalue weighted by molar-refractivity contribution is 5.84. The molecule has 2 unspecified atom stereocenters. The Kier molecular flexibility index (Phi) is 9.36. The second-order valence-electron chi connectivity index (χ2n) is 6.35. The number of ether oxygens (including phenoxy) is 1. The molecule has 1 saturated carbocycles. The maximum atomic E-state index is 11.9. The van der Waals surface area contributed by atoms with E-state index in [1.54, 1.807) is 0 Å². The monoisotopic (exact) mass is 296 g/mol. The van der Waals surface area contributed by atoms with Gasteiger partial charge in [0, 0.05) is 18.8 Å². The van der Waals surface area contributed by atoms with Crippen LogP contribution in [0.25, 0.3) is 0 Å². The highest BCUT2D eigenvalue weighted by Gasteiger charge is 2.35.